The maximum absolute atomic E-state index is 13.6. The predicted molar refractivity (Wildman–Crippen MR) is 189 cm³/mol. The Kier molecular flexibility index (Phi) is 14.4. The number of primary amides is 1. The number of alkyl carbamates (subject to hydrolysis) is 1. The molecule has 3 N–H and O–H groups in total. The molecule has 1 aliphatic heterocycles. The van der Waals surface area contributed by atoms with Gasteiger partial charge in [-0.15, -0.1) is 0 Å². The van der Waals surface area contributed by atoms with Gasteiger partial charge in [-0.05, 0) is 88.9 Å². The van der Waals surface area contributed by atoms with Crippen LogP contribution in [0.5, 0.6) is 0 Å². The van der Waals surface area contributed by atoms with Crippen molar-refractivity contribution in [3.8, 4) is 0 Å². The third-order valence-electron chi connectivity index (χ3n) is 7.71. The van der Waals surface area contributed by atoms with Crippen LogP contribution >= 0.6 is 0 Å². The Balaban J connectivity index is 0.00000376. The second-order valence-corrected chi connectivity index (χ2v) is 13.1. The first-order valence-electron chi connectivity index (χ1n) is 16.4. The Hall–Kier alpha value is -4.40. The number of nitrogens with zero attached hydrogens (tertiary/aromatic N) is 2. The molecule has 2 aromatic rings. The summed E-state index contributed by atoms with van der Waals surface area (Å²) >= 11 is 0. The van der Waals surface area contributed by atoms with Gasteiger partial charge in [-0.2, -0.15) is 0 Å². The Morgan fingerprint density at radius 3 is 2.19 bits per heavy atom. The molecule has 1 heterocycles. The molecule has 256 valence electrons. The molecule has 2 aromatic carbocycles. The van der Waals surface area contributed by atoms with Gasteiger partial charge in [-0.1, -0.05) is 80.6 Å². The molecule has 0 bridgehead atoms. The van der Waals surface area contributed by atoms with Crippen molar-refractivity contribution in [3.63, 3.8) is 0 Å². The van der Waals surface area contributed by atoms with Gasteiger partial charge in [0.1, 0.15) is 18.2 Å². The number of rotatable bonds is 10. The SMILES string of the molecule is C/C=c1/ccc(C[C@@H]2CN([C@H](Cc3ccccc3)C(N)=O)C(=O)CN2C(=O)/C=C/CC(C)(C)NC(=O)OC(C)(C)C)c/c1=C/C.CC. The van der Waals surface area contributed by atoms with E-state index in [4.69, 9.17) is 10.5 Å². The van der Waals surface area contributed by atoms with E-state index in [2.05, 4.69) is 11.4 Å². The van der Waals surface area contributed by atoms with Crippen LogP contribution in [0.1, 0.15) is 79.9 Å². The fourth-order valence-corrected chi connectivity index (χ4v) is 5.45. The van der Waals surface area contributed by atoms with Crippen LogP contribution in [0, 0.1) is 0 Å². The van der Waals surface area contributed by atoms with Crippen LogP contribution in [0.15, 0.2) is 60.7 Å². The van der Waals surface area contributed by atoms with Crippen LogP contribution in [0.4, 0.5) is 4.79 Å². The number of carbonyl (C=O) groups is 4. The molecular weight excluding hydrogens is 592 g/mol. The second kappa shape index (κ2) is 17.5. The molecule has 0 unspecified atom stereocenters. The highest BCUT2D eigenvalue weighted by Crippen LogP contribution is 2.21. The van der Waals surface area contributed by atoms with E-state index >= 15 is 0 Å². The fraction of sp³-hybridized carbons (Fsp3) is 0.474. The summed E-state index contributed by atoms with van der Waals surface area (Å²) in [6, 6.07) is 14.4. The van der Waals surface area contributed by atoms with Crippen LogP contribution in [-0.2, 0) is 32.0 Å². The minimum atomic E-state index is -0.841. The van der Waals surface area contributed by atoms with E-state index in [1.54, 1.807) is 31.7 Å². The highest BCUT2D eigenvalue weighted by Gasteiger charge is 2.39. The third-order valence-corrected chi connectivity index (χ3v) is 7.71. The molecule has 1 fully saturated rings. The Bertz CT molecular complexity index is 1530. The van der Waals surface area contributed by atoms with Crippen molar-refractivity contribution in [1.82, 2.24) is 15.1 Å². The summed E-state index contributed by atoms with van der Waals surface area (Å²) in [4.78, 5) is 55.2. The quantitative estimate of drug-likeness (QED) is 0.374. The molecule has 0 spiro atoms. The average molecular weight is 647 g/mol. The van der Waals surface area contributed by atoms with E-state index in [1.165, 1.54) is 11.0 Å². The third kappa shape index (κ3) is 12.0. The largest absolute Gasteiger partial charge is 0.444 e. The van der Waals surface area contributed by atoms with Gasteiger partial charge in [0.05, 0.1) is 6.04 Å². The summed E-state index contributed by atoms with van der Waals surface area (Å²) < 4.78 is 5.36. The molecule has 9 heteroatoms. The average Bonchev–Trinajstić information content (AvgIpc) is 3.00. The first kappa shape index (κ1) is 38.8. The standard InChI is InChI=1S/C36H48N4O5.C2H6/c1-8-27-18-17-26(20-28(27)9-2)21-29-23-40(30(33(37)43)22-25-14-11-10-12-15-25)32(42)24-39(29)31(41)16-13-19-36(6,7)38-34(44)45-35(3,4)5;1-2/h8-18,20,29-30H,19,21-24H2,1-7H3,(H2,37,43)(H,38,44);1-2H3/b16-13+,27-8-,28-9-;/t29-,30-;/m1./s1. The molecule has 1 aliphatic rings. The van der Waals surface area contributed by atoms with Gasteiger partial charge in [-0.25, -0.2) is 4.79 Å². The maximum Gasteiger partial charge on any atom is 0.408 e. The molecule has 2 atom stereocenters. The lowest BCUT2D eigenvalue weighted by atomic mass is 9.97. The lowest BCUT2D eigenvalue weighted by Crippen LogP contribution is -2.63. The van der Waals surface area contributed by atoms with Crippen LogP contribution in [0.25, 0.3) is 12.2 Å². The topological polar surface area (TPSA) is 122 Å². The lowest BCUT2D eigenvalue weighted by molar-refractivity contribution is -0.151. The predicted octanol–water partition coefficient (Wildman–Crippen LogP) is 4.24. The monoisotopic (exact) mass is 646 g/mol. The van der Waals surface area contributed by atoms with E-state index in [0.29, 0.717) is 12.8 Å². The van der Waals surface area contributed by atoms with E-state index in [1.807, 2.05) is 96.2 Å². The summed E-state index contributed by atoms with van der Waals surface area (Å²) in [6.07, 6.45) is 7.83. The molecule has 3 rings (SSSR count). The van der Waals surface area contributed by atoms with Crippen LogP contribution in [-0.4, -0.2) is 69.9 Å². The van der Waals surface area contributed by atoms with Crippen molar-refractivity contribution >= 4 is 36.0 Å². The molecule has 47 heavy (non-hydrogen) atoms. The van der Waals surface area contributed by atoms with Crippen molar-refractivity contribution in [2.45, 2.75) is 105 Å². The van der Waals surface area contributed by atoms with Crippen molar-refractivity contribution in [3.05, 3.63) is 82.2 Å². The summed E-state index contributed by atoms with van der Waals surface area (Å²) in [7, 11) is 0. The van der Waals surface area contributed by atoms with Crippen molar-refractivity contribution < 1.29 is 23.9 Å². The summed E-state index contributed by atoms with van der Waals surface area (Å²) in [6.45, 7) is 17.0. The maximum atomic E-state index is 13.6. The van der Waals surface area contributed by atoms with E-state index < -0.39 is 35.2 Å². The molecule has 0 saturated carbocycles. The van der Waals surface area contributed by atoms with Gasteiger partial charge < -0.3 is 25.6 Å². The number of hydrogen-bond acceptors (Lipinski definition) is 5. The highest BCUT2D eigenvalue weighted by atomic mass is 16.6. The number of hydrogen-bond donors (Lipinski definition) is 2. The van der Waals surface area contributed by atoms with Gasteiger partial charge in [0, 0.05) is 18.5 Å². The lowest BCUT2D eigenvalue weighted by Gasteiger charge is -2.43. The summed E-state index contributed by atoms with van der Waals surface area (Å²) in [5.41, 5.74) is 6.44. The first-order valence-corrected chi connectivity index (χ1v) is 16.4. The minimum absolute atomic E-state index is 0.164. The van der Waals surface area contributed by atoms with Crippen LogP contribution in [0.3, 0.4) is 0 Å². The molecule has 0 radical (unpaired) electrons. The number of carbonyl (C=O) groups excluding carboxylic acids is 4. The van der Waals surface area contributed by atoms with Gasteiger partial charge in [0.25, 0.3) is 0 Å². The molecular formula is C38H54N4O5. The van der Waals surface area contributed by atoms with Crippen molar-refractivity contribution in [1.29, 1.82) is 0 Å². The molecule has 9 nitrogen and oxygen atoms in total. The first-order chi connectivity index (χ1) is 22.1. The number of benzene rings is 2. The van der Waals surface area contributed by atoms with Gasteiger partial charge in [-0.3, -0.25) is 14.4 Å². The summed E-state index contributed by atoms with van der Waals surface area (Å²) in [5, 5.41) is 5.02. The Morgan fingerprint density at radius 2 is 1.62 bits per heavy atom. The number of ether oxygens (including phenoxy) is 1. The number of nitrogens with two attached hydrogens (primary N) is 1. The van der Waals surface area contributed by atoms with E-state index in [9.17, 15) is 19.2 Å². The Morgan fingerprint density at radius 1 is 0.979 bits per heavy atom. The normalized spacial score (nSPS) is 16.9. The minimum Gasteiger partial charge on any atom is -0.444 e. The number of amides is 4. The highest BCUT2D eigenvalue weighted by molar-refractivity contribution is 5.94. The number of piperazine rings is 1. The molecule has 0 aliphatic carbocycles. The molecule has 1 saturated heterocycles. The fourth-order valence-electron chi connectivity index (χ4n) is 5.45. The Labute approximate surface area is 280 Å². The van der Waals surface area contributed by atoms with Gasteiger partial charge in [0.15, 0.2) is 0 Å². The molecule has 0 aromatic heterocycles. The number of nitrogens with one attached hydrogen (secondary N) is 1. The van der Waals surface area contributed by atoms with E-state index in [0.717, 1.165) is 21.6 Å². The smallest absolute Gasteiger partial charge is 0.408 e. The van der Waals surface area contributed by atoms with Crippen molar-refractivity contribution in [2.24, 2.45) is 5.73 Å². The van der Waals surface area contributed by atoms with Gasteiger partial charge >= 0.3 is 6.09 Å². The zero-order valence-electron chi connectivity index (χ0n) is 29.6. The zero-order valence-corrected chi connectivity index (χ0v) is 29.6. The molecule has 4 amide bonds. The summed E-state index contributed by atoms with van der Waals surface area (Å²) in [5.74, 6) is -1.24. The van der Waals surface area contributed by atoms with Crippen LogP contribution < -0.4 is 21.5 Å². The zero-order chi connectivity index (χ0) is 35.4. The van der Waals surface area contributed by atoms with Crippen molar-refractivity contribution in [2.75, 3.05) is 13.1 Å². The van der Waals surface area contributed by atoms with E-state index in [-0.39, 0.29) is 31.3 Å². The van der Waals surface area contributed by atoms with Crippen LogP contribution in [0.2, 0.25) is 0 Å². The second-order valence-electron chi connectivity index (χ2n) is 13.1. The van der Waals surface area contributed by atoms with Gasteiger partial charge in [0.2, 0.25) is 17.7 Å².